The highest BCUT2D eigenvalue weighted by Crippen LogP contribution is 2.31. The zero-order valence-corrected chi connectivity index (χ0v) is 17.2. The summed E-state index contributed by atoms with van der Waals surface area (Å²) in [5.41, 5.74) is 2.43. The van der Waals surface area contributed by atoms with Crippen LogP contribution in [0.4, 0.5) is 10.1 Å². The topological polar surface area (TPSA) is 58.6 Å². The Balaban J connectivity index is 1.56. The number of hydrogen-bond acceptors (Lipinski definition) is 3. The molecule has 2 aliphatic rings. The third kappa shape index (κ3) is 4.48. The zero-order valence-electron chi connectivity index (χ0n) is 17.2. The zero-order chi connectivity index (χ0) is 21.1. The number of rotatable bonds is 5. The van der Waals surface area contributed by atoms with Gasteiger partial charge in [-0.05, 0) is 55.2 Å². The molecule has 1 aliphatic heterocycles. The number of nitrogens with zero attached hydrogens (tertiary/aromatic N) is 1. The van der Waals surface area contributed by atoms with Gasteiger partial charge < -0.3 is 15.0 Å². The highest BCUT2D eigenvalue weighted by molar-refractivity contribution is 5.93. The second-order valence-electron chi connectivity index (χ2n) is 8.13. The number of halogens is 1. The minimum Gasteiger partial charge on any atom is -0.480 e. The third-order valence-electron chi connectivity index (χ3n) is 5.93. The van der Waals surface area contributed by atoms with Crippen molar-refractivity contribution in [2.24, 2.45) is 5.92 Å². The molecular weight excluding hydrogens is 383 g/mol. The van der Waals surface area contributed by atoms with E-state index in [9.17, 15) is 14.0 Å². The summed E-state index contributed by atoms with van der Waals surface area (Å²) >= 11 is 0. The molecule has 2 aromatic rings. The van der Waals surface area contributed by atoms with Crippen molar-refractivity contribution in [3.8, 4) is 5.75 Å². The van der Waals surface area contributed by atoms with Gasteiger partial charge in [-0.25, -0.2) is 4.39 Å². The lowest BCUT2D eigenvalue weighted by molar-refractivity contribution is -0.139. The van der Waals surface area contributed by atoms with Gasteiger partial charge in [-0.1, -0.05) is 31.9 Å². The molecule has 0 spiro atoms. The first-order valence-corrected chi connectivity index (χ1v) is 10.7. The fourth-order valence-corrected chi connectivity index (χ4v) is 4.22. The van der Waals surface area contributed by atoms with Crippen molar-refractivity contribution in [3.63, 3.8) is 0 Å². The fourth-order valence-electron chi connectivity index (χ4n) is 4.22. The summed E-state index contributed by atoms with van der Waals surface area (Å²) in [4.78, 5) is 27.2. The summed E-state index contributed by atoms with van der Waals surface area (Å²) in [6.07, 6.45) is 4.09. The van der Waals surface area contributed by atoms with E-state index in [1.807, 2.05) is 25.1 Å². The Bertz CT molecular complexity index is 923. The lowest BCUT2D eigenvalue weighted by Gasteiger charge is -2.23. The molecule has 1 atom stereocenters. The number of amides is 2. The molecule has 1 saturated carbocycles. The van der Waals surface area contributed by atoms with Crippen LogP contribution in [0.2, 0.25) is 0 Å². The molecule has 0 aromatic heterocycles. The Morgan fingerprint density at radius 3 is 2.60 bits per heavy atom. The number of anilines is 1. The molecule has 2 amide bonds. The predicted molar refractivity (Wildman–Crippen MR) is 112 cm³/mol. The Hall–Kier alpha value is -2.89. The van der Waals surface area contributed by atoms with Crippen LogP contribution < -0.4 is 10.1 Å². The monoisotopic (exact) mass is 410 g/mol. The van der Waals surface area contributed by atoms with Crippen molar-refractivity contribution in [2.75, 3.05) is 5.32 Å². The summed E-state index contributed by atoms with van der Waals surface area (Å²) in [5, 5.41) is 3.02. The van der Waals surface area contributed by atoms with Gasteiger partial charge in [-0.3, -0.25) is 9.59 Å². The van der Waals surface area contributed by atoms with Gasteiger partial charge in [-0.2, -0.15) is 0 Å². The largest absolute Gasteiger partial charge is 0.480 e. The molecule has 0 bridgehead atoms. The van der Waals surface area contributed by atoms with Gasteiger partial charge in [-0.15, -0.1) is 0 Å². The van der Waals surface area contributed by atoms with E-state index in [0.717, 1.165) is 42.5 Å². The molecule has 5 nitrogen and oxygen atoms in total. The standard InChI is InChI=1S/C24H27FN2O3/c1-2-21-24(29)27(14-16-7-9-19(25)10-8-16)15-18-13-20(11-12-22(18)30-21)26-23(28)17-5-3-4-6-17/h7-13,17,21H,2-6,14-15H2,1H3,(H,26,28)/t21-/m0/s1. The van der Waals surface area contributed by atoms with Gasteiger partial charge >= 0.3 is 0 Å². The molecule has 1 N–H and O–H groups in total. The number of benzene rings is 2. The third-order valence-corrected chi connectivity index (χ3v) is 5.93. The first-order chi connectivity index (χ1) is 14.5. The van der Waals surface area contributed by atoms with Gasteiger partial charge in [0.05, 0.1) is 0 Å². The molecule has 158 valence electrons. The van der Waals surface area contributed by atoms with E-state index in [-0.39, 0.29) is 23.5 Å². The van der Waals surface area contributed by atoms with E-state index < -0.39 is 6.10 Å². The fraction of sp³-hybridized carbons (Fsp3) is 0.417. The average Bonchev–Trinajstić information content (AvgIpc) is 3.25. The van der Waals surface area contributed by atoms with Gasteiger partial charge in [0.2, 0.25) is 5.91 Å². The summed E-state index contributed by atoms with van der Waals surface area (Å²) in [6, 6.07) is 11.7. The first-order valence-electron chi connectivity index (χ1n) is 10.7. The van der Waals surface area contributed by atoms with Crippen molar-refractivity contribution in [1.82, 2.24) is 4.90 Å². The SMILES string of the molecule is CC[C@@H]1Oc2ccc(NC(=O)C3CCCC3)cc2CN(Cc2ccc(F)cc2)C1=O. The van der Waals surface area contributed by atoms with E-state index in [4.69, 9.17) is 4.74 Å². The van der Waals surface area contributed by atoms with Crippen molar-refractivity contribution >= 4 is 17.5 Å². The van der Waals surface area contributed by atoms with Crippen LogP contribution in [-0.2, 0) is 22.7 Å². The van der Waals surface area contributed by atoms with Crippen LogP contribution >= 0.6 is 0 Å². The van der Waals surface area contributed by atoms with Gasteiger partial charge in [0.15, 0.2) is 6.10 Å². The minimum absolute atomic E-state index is 0.0627. The van der Waals surface area contributed by atoms with Crippen molar-refractivity contribution in [3.05, 3.63) is 59.4 Å². The normalized spacial score (nSPS) is 19.2. The van der Waals surface area contributed by atoms with Gasteiger partial charge in [0, 0.05) is 30.3 Å². The number of carbonyl (C=O) groups excluding carboxylic acids is 2. The summed E-state index contributed by atoms with van der Waals surface area (Å²) in [5.74, 6) is 0.419. The van der Waals surface area contributed by atoms with E-state index >= 15 is 0 Å². The molecular formula is C24H27FN2O3. The average molecular weight is 410 g/mol. The second-order valence-corrected chi connectivity index (χ2v) is 8.13. The van der Waals surface area contributed by atoms with E-state index in [0.29, 0.717) is 25.3 Å². The maximum Gasteiger partial charge on any atom is 0.264 e. The van der Waals surface area contributed by atoms with E-state index in [1.165, 1.54) is 12.1 Å². The second kappa shape index (κ2) is 8.86. The molecule has 0 saturated heterocycles. The Labute approximate surface area is 176 Å². The van der Waals surface area contributed by atoms with Crippen molar-refractivity contribution in [2.45, 2.75) is 58.2 Å². The van der Waals surface area contributed by atoms with Crippen LogP contribution in [-0.4, -0.2) is 22.8 Å². The van der Waals surface area contributed by atoms with E-state index in [2.05, 4.69) is 5.32 Å². The highest BCUT2D eigenvalue weighted by Gasteiger charge is 2.30. The van der Waals surface area contributed by atoms with Crippen LogP contribution in [0.5, 0.6) is 5.75 Å². The number of fused-ring (bicyclic) bond motifs is 1. The molecule has 4 rings (SSSR count). The summed E-state index contributed by atoms with van der Waals surface area (Å²) in [7, 11) is 0. The number of ether oxygens (including phenoxy) is 1. The smallest absolute Gasteiger partial charge is 0.264 e. The summed E-state index contributed by atoms with van der Waals surface area (Å²) < 4.78 is 19.2. The quantitative estimate of drug-likeness (QED) is 0.780. The van der Waals surface area contributed by atoms with Crippen molar-refractivity contribution in [1.29, 1.82) is 0 Å². The molecule has 0 unspecified atom stereocenters. The maximum atomic E-state index is 13.2. The van der Waals surface area contributed by atoms with Crippen LogP contribution in [0.3, 0.4) is 0 Å². The Kier molecular flexibility index (Phi) is 6.02. The van der Waals surface area contributed by atoms with Crippen LogP contribution in [0.25, 0.3) is 0 Å². The molecule has 30 heavy (non-hydrogen) atoms. The Morgan fingerprint density at radius 2 is 1.90 bits per heavy atom. The molecule has 1 fully saturated rings. The van der Waals surface area contributed by atoms with Crippen LogP contribution in [0.1, 0.15) is 50.2 Å². The minimum atomic E-state index is -0.564. The Morgan fingerprint density at radius 1 is 1.17 bits per heavy atom. The molecule has 0 radical (unpaired) electrons. The molecule has 2 aromatic carbocycles. The lowest BCUT2D eigenvalue weighted by Crippen LogP contribution is -2.38. The maximum absolute atomic E-state index is 13.2. The lowest BCUT2D eigenvalue weighted by atomic mass is 10.1. The highest BCUT2D eigenvalue weighted by atomic mass is 19.1. The molecule has 1 aliphatic carbocycles. The number of hydrogen-bond donors (Lipinski definition) is 1. The number of nitrogens with one attached hydrogen (secondary N) is 1. The van der Waals surface area contributed by atoms with Gasteiger partial charge in [0.1, 0.15) is 11.6 Å². The molecule has 1 heterocycles. The predicted octanol–water partition coefficient (Wildman–Crippen LogP) is 4.65. The van der Waals surface area contributed by atoms with Gasteiger partial charge in [0.25, 0.3) is 5.91 Å². The van der Waals surface area contributed by atoms with Crippen molar-refractivity contribution < 1.29 is 18.7 Å². The van der Waals surface area contributed by atoms with Crippen LogP contribution in [0, 0.1) is 11.7 Å². The first kappa shape index (κ1) is 20.4. The molecule has 6 heteroatoms. The number of carbonyl (C=O) groups is 2. The van der Waals surface area contributed by atoms with E-state index in [1.54, 1.807) is 17.0 Å². The summed E-state index contributed by atoms with van der Waals surface area (Å²) in [6.45, 7) is 2.66. The van der Waals surface area contributed by atoms with Crippen LogP contribution in [0.15, 0.2) is 42.5 Å².